The minimum absolute atomic E-state index is 0.126. The quantitative estimate of drug-likeness (QED) is 0.512. The summed E-state index contributed by atoms with van der Waals surface area (Å²) in [6.45, 7) is 17.8. The van der Waals surface area contributed by atoms with Crippen molar-refractivity contribution in [2.75, 3.05) is 0 Å². The van der Waals surface area contributed by atoms with Crippen LogP contribution in [0.5, 0.6) is 0 Å². The van der Waals surface area contributed by atoms with Gasteiger partial charge in [-0.2, -0.15) is 4.57 Å². The number of aryl methyl sites for hydroxylation is 1. The molecule has 0 bridgehead atoms. The van der Waals surface area contributed by atoms with Crippen molar-refractivity contribution in [3.8, 4) is 5.69 Å². The second-order valence-electron chi connectivity index (χ2n) is 9.78. The number of hydrogen-bond acceptors (Lipinski definition) is 0. The molecular formula is C25H33N2+. The molecule has 0 unspecified atom stereocenters. The van der Waals surface area contributed by atoms with Gasteiger partial charge in [-0.25, -0.2) is 4.57 Å². The van der Waals surface area contributed by atoms with E-state index in [0.29, 0.717) is 0 Å². The lowest BCUT2D eigenvalue weighted by Crippen LogP contribution is -2.42. The van der Waals surface area contributed by atoms with Gasteiger partial charge in [0.2, 0.25) is 6.33 Å². The van der Waals surface area contributed by atoms with Crippen molar-refractivity contribution in [3.05, 3.63) is 59.9 Å². The minimum Gasteiger partial charge on any atom is -0.229 e. The van der Waals surface area contributed by atoms with E-state index in [0.717, 1.165) is 13.0 Å². The van der Waals surface area contributed by atoms with Gasteiger partial charge < -0.3 is 0 Å². The normalized spacial score (nSPS) is 19.4. The zero-order valence-corrected chi connectivity index (χ0v) is 17.9. The first-order valence-electron chi connectivity index (χ1n) is 10.3. The summed E-state index contributed by atoms with van der Waals surface area (Å²) in [5.74, 6) is 0. The Bertz CT molecular complexity index is 1000. The molecule has 0 spiro atoms. The standard InChI is InChI=1S/C25H33N2/c1-8-14-26-17-27(18-12-10-9-11-13-18)22-16-20-19(15-21(22)26)23(2,3)25(6,7)24(20,4)5/h9-13,15-17H,8,14H2,1-7H3/q+1. The van der Waals surface area contributed by atoms with Crippen molar-refractivity contribution in [3.63, 3.8) is 0 Å². The molecule has 4 rings (SSSR count). The SMILES string of the molecule is CCC[n+]1cn(-c2ccccc2)c2cc3c(cc21)C(C)(C)C(C)(C)C3(C)C. The highest BCUT2D eigenvalue weighted by Crippen LogP contribution is 2.61. The largest absolute Gasteiger partial charge is 0.249 e. The van der Waals surface area contributed by atoms with E-state index >= 15 is 0 Å². The van der Waals surface area contributed by atoms with Crippen LogP contribution in [0.15, 0.2) is 48.8 Å². The van der Waals surface area contributed by atoms with Crippen molar-refractivity contribution < 1.29 is 4.57 Å². The Morgan fingerprint density at radius 1 is 0.852 bits per heavy atom. The topological polar surface area (TPSA) is 8.81 Å². The third-order valence-electron chi connectivity index (χ3n) is 7.91. The van der Waals surface area contributed by atoms with Crippen LogP contribution >= 0.6 is 0 Å². The van der Waals surface area contributed by atoms with Gasteiger partial charge in [0.1, 0.15) is 5.69 Å². The van der Waals surface area contributed by atoms with Gasteiger partial charge in [-0.1, -0.05) is 66.7 Å². The first-order valence-corrected chi connectivity index (χ1v) is 10.3. The number of aromatic nitrogens is 2. The molecule has 0 atom stereocenters. The third kappa shape index (κ3) is 2.28. The van der Waals surface area contributed by atoms with Crippen LogP contribution in [0.25, 0.3) is 16.7 Å². The first kappa shape index (κ1) is 18.3. The summed E-state index contributed by atoms with van der Waals surface area (Å²) in [5.41, 5.74) is 7.36. The summed E-state index contributed by atoms with van der Waals surface area (Å²) in [6.07, 6.45) is 3.42. The molecule has 1 aromatic heterocycles. The van der Waals surface area contributed by atoms with E-state index in [1.165, 1.54) is 27.8 Å². The first-order chi connectivity index (χ1) is 12.6. The van der Waals surface area contributed by atoms with Crippen molar-refractivity contribution in [1.82, 2.24) is 4.57 Å². The fourth-order valence-electron chi connectivity index (χ4n) is 4.97. The van der Waals surface area contributed by atoms with E-state index in [4.69, 9.17) is 0 Å². The van der Waals surface area contributed by atoms with E-state index in [-0.39, 0.29) is 16.2 Å². The number of para-hydroxylation sites is 1. The van der Waals surface area contributed by atoms with E-state index < -0.39 is 0 Å². The molecule has 1 heterocycles. The van der Waals surface area contributed by atoms with E-state index in [9.17, 15) is 0 Å². The highest BCUT2D eigenvalue weighted by Gasteiger charge is 2.57. The molecule has 1 aliphatic carbocycles. The molecule has 0 aliphatic heterocycles. The van der Waals surface area contributed by atoms with Gasteiger partial charge in [-0.15, -0.1) is 0 Å². The van der Waals surface area contributed by atoms with Crippen molar-refractivity contribution >= 4 is 11.0 Å². The average Bonchev–Trinajstić information content (AvgIpc) is 3.03. The molecule has 142 valence electrons. The van der Waals surface area contributed by atoms with Gasteiger partial charge in [-0.3, -0.25) is 0 Å². The van der Waals surface area contributed by atoms with Crippen LogP contribution in [-0.4, -0.2) is 4.57 Å². The number of nitrogens with zero attached hydrogens (tertiary/aromatic N) is 2. The summed E-state index contributed by atoms with van der Waals surface area (Å²) in [7, 11) is 0. The Balaban J connectivity index is 2.07. The summed E-state index contributed by atoms with van der Waals surface area (Å²) < 4.78 is 4.79. The Kier molecular flexibility index (Phi) is 3.86. The summed E-state index contributed by atoms with van der Waals surface area (Å²) in [5, 5.41) is 0. The maximum atomic E-state index is 2.48. The van der Waals surface area contributed by atoms with Crippen LogP contribution in [-0.2, 0) is 17.4 Å². The fourth-order valence-corrected chi connectivity index (χ4v) is 4.97. The van der Waals surface area contributed by atoms with Crippen LogP contribution in [0, 0.1) is 5.41 Å². The highest BCUT2D eigenvalue weighted by atomic mass is 15.1. The summed E-state index contributed by atoms with van der Waals surface area (Å²) in [4.78, 5) is 0. The van der Waals surface area contributed by atoms with Crippen LogP contribution in [0.2, 0.25) is 0 Å². The van der Waals surface area contributed by atoms with Crippen LogP contribution in [0.4, 0.5) is 0 Å². The zero-order chi connectivity index (χ0) is 19.6. The molecule has 0 amide bonds. The van der Waals surface area contributed by atoms with Gasteiger partial charge in [0.15, 0.2) is 11.0 Å². The Hall–Kier alpha value is -2.09. The summed E-state index contributed by atoms with van der Waals surface area (Å²) >= 11 is 0. The average molecular weight is 362 g/mol. The molecular weight excluding hydrogens is 328 g/mol. The molecule has 0 radical (unpaired) electrons. The second kappa shape index (κ2) is 5.70. The molecule has 3 aromatic rings. The Morgan fingerprint density at radius 2 is 1.44 bits per heavy atom. The molecule has 1 aliphatic rings. The Morgan fingerprint density at radius 3 is 2.04 bits per heavy atom. The lowest BCUT2D eigenvalue weighted by atomic mass is 9.59. The van der Waals surface area contributed by atoms with Gasteiger partial charge in [-0.05, 0) is 58.1 Å². The van der Waals surface area contributed by atoms with Crippen LogP contribution in [0.1, 0.15) is 66.0 Å². The summed E-state index contributed by atoms with van der Waals surface area (Å²) in [6, 6.07) is 15.7. The molecule has 0 N–H and O–H groups in total. The molecule has 0 fully saturated rings. The minimum atomic E-state index is 0.126. The maximum Gasteiger partial charge on any atom is 0.249 e. The van der Waals surface area contributed by atoms with Crippen molar-refractivity contribution in [1.29, 1.82) is 0 Å². The zero-order valence-electron chi connectivity index (χ0n) is 17.9. The van der Waals surface area contributed by atoms with Gasteiger partial charge in [0, 0.05) is 0 Å². The molecule has 2 heteroatoms. The predicted molar refractivity (Wildman–Crippen MR) is 114 cm³/mol. The number of hydrogen-bond donors (Lipinski definition) is 0. The van der Waals surface area contributed by atoms with Crippen molar-refractivity contribution in [2.45, 2.75) is 72.3 Å². The van der Waals surface area contributed by atoms with E-state index in [1.807, 2.05) is 0 Å². The molecule has 2 nitrogen and oxygen atoms in total. The third-order valence-corrected chi connectivity index (χ3v) is 7.91. The molecule has 0 saturated carbocycles. The maximum absolute atomic E-state index is 2.48. The molecule has 2 aromatic carbocycles. The fraction of sp³-hybridized carbons (Fsp3) is 0.480. The molecule has 27 heavy (non-hydrogen) atoms. The smallest absolute Gasteiger partial charge is 0.229 e. The lowest BCUT2D eigenvalue weighted by Gasteiger charge is -2.44. The highest BCUT2D eigenvalue weighted by molar-refractivity contribution is 5.78. The van der Waals surface area contributed by atoms with Gasteiger partial charge in [0.05, 0.1) is 6.54 Å². The molecule has 0 saturated heterocycles. The monoisotopic (exact) mass is 361 g/mol. The van der Waals surface area contributed by atoms with Crippen LogP contribution < -0.4 is 4.57 Å². The Labute approximate surface area is 163 Å². The van der Waals surface area contributed by atoms with E-state index in [1.54, 1.807) is 0 Å². The number of imidazole rings is 1. The van der Waals surface area contributed by atoms with Gasteiger partial charge >= 0.3 is 0 Å². The van der Waals surface area contributed by atoms with E-state index in [2.05, 4.69) is 106 Å². The lowest BCUT2D eigenvalue weighted by molar-refractivity contribution is -0.671. The van der Waals surface area contributed by atoms with Crippen LogP contribution in [0.3, 0.4) is 0 Å². The number of fused-ring (bicyclic) bond motifs is 2. The number of benzene rings is 2. The van der Waals surface area contributed by atoms with Gasteiger partial charge in [0.25, 0.3) is 0 Å². The van der Waals surface area contributed by atoms with Crippen molar-refractivity contribution in [2.24, 2.45) is 5.41 Å². The second-order valence-corrected chi connectivity index (χ2v) is 9.78. The number of rotatable bonds is 3. The predicted octanol–water partition coefficient (Wildman–Crippen LogP) is 5.92.